The van der Waals surface area contributed by atoms with Gasteiger partial charge < -0.3 is 10.6 Å². The van der Waals surface area contributed by atoms with E-state index in [2.05, 4.69) is 15.6 Å². The van der Waals surface area contributed by atoms with Crippen LogP contribution in [0.4, 0.5) is 15.9 Å². The van der Waals surface area contributed by atoms with Crippen LogP contribution in [0.5, 0.6) is 0 Å². The third-order valence-electron chi connectivity index (χ3n) is 2.63. The van der Waals surface area contributed by atoms with Gasteiger partial charge in [-0.3, -0.25) is 4.79 Å². The number of anilines is 2. The molecule has 0 aliphatic heterocycles. The van der Waals surface area contributed by atoms with Crippen molar-refractivity contribution in [1.82, 2.24) is 4.98 Å². The summed E-state index contributed by atoms with van der Waals surface area (Å²) < 4.78 is 12.8. The van der Waals surface area contributed by atoms with Crippen LogP contribution in [-0.2, 0) is 0 Å². The van der Waals surface area contributed by atoms with E-state index in [0.29, 0.717) is 11.3 Å². The van der Waals surface area contributed by atoms with E-state index in [-0.39, 0.29) is 17.3 Å². The van der Waals surface area contributed by atoms with Gasteiger partial charge >= 0.3 is 0 Å². The van der Waals surface area contributed by atoms with Crippen molar-refractivity contribution in [3.63, 3.8) is 0 Å². The number of nitrogens with one attached hydrogen (secondary N) is 2. The maximum Gasteiger partial charge on any atom is 0.255 e. The minimum Gasteiger partial charge on any atom is -0.365 e. The maximum absolute atomic E-state index is 12.8. The Kier molecular flexibility index (Phi) is 4.21. The van der Waals surface area contributed by atoms with Crippen LogP contribution in [0.25, 0.3) is 0 Å². The number of rotatable bonds is 3. The molecular weight excluding hydrogens is 269 g/mol. The predicted octanol–water partition coefficient (Wildman–Crippen LogP) is 3.68. The molecule has 21 heavy (non-hydrogen) atoms. The molecule has 1 aromatic heterocycles. The first kappa shape index (κ1) is 15.0. The smallest absolute Gasteiger partial charge is 0.255 e. The standard InChI is InChI=1S/C16H18FN3O/c1-16(2,3)20-14-9-8-13(10-18-14)19-15(21)11-4-6-12(17)7-5-11/h4-10H,1-3H3,(H,18,20)(H,19,21). The fraction of sp³-hybridized carbons (Fsp3) is 0.250. The van der Waals surface area contributed by atoms with E-state index in [0.717, 1.165) is 5.82 Å². The van der Waals surface area contributed by atoms with Crippen LogP contribution in [-0.4, -0.2) is 16.4 Å². The lowest BCUT2D eigenvalue weighted by atomic mass is 10.1. The van der Waals surface area contributed by atoms with E-state index < -0.39 is 0 Å². The Bertz CT molecular complexity index is 615. The third-order valence-corrected chi connectivity index (χ3v) is 2.63. The summed E-state index contributed by atoms with van der Waals surface area (Å²) in [5.74, 6) is 0.0708. The van der Waals surface area contributed by atoms with Crippen LogP contribution < -0.4 is 10.6 Å². The maximum atomic E-state index is 12.8. The molecule has 110 valence electrons. The molecule has 0 bridgehead atoms. The second kappa shape index (κ2) is 5.91. The SMILES string of the molecule is CC(C)(C)Nc1ccc(NC(=O)c2ccc(F)cc2)cn1. The molecule has 1 amide bonds. The Balaban J connectivity index is 2.03. The molecule has 4 nitrogen and oxygen atoms in total. The van der Waals surface area contributed by atoms with Crippen molar-refractivity contribution in [1.29, 1.82) is 0 Å². The molecular formula is C16H18FN3O. The average molecular weight is 287 g/mol. The highest BCUT2D eigenvalue weighted by molar-refractivity contribution is 6.04. The predicted molar refractivity (Wildman–Crippen MR) is 82.0 cm³/mol. The molecule has 1 aromatic carbocycles. The fourth-order valence-corrected chi connectivity index (χ4v) is 1.73. The zero-order chi connectivity index (χ0) is 15.5. The van der Waals surface area contributed by atoms with E-state index in [4.69, 9.17) is 0 Å². The molecule has 0 radical (unpaired) electrons. The van der Waals surface area contributed by atoms with Crippen molar-refractivity contribution < 1.29 is 9.18 Å². The molecule has 1 heterocycles. The highest BCUT2D eigenvalue weighted by Gasteiger charge is 2.10. The largest absolute Gasteiger partial charge is 0.365 e. The van der Waals surface area contributed by atoms with Gasteiger partial charge in [-0.25, -0.2) is 9.37 Å². The monoisotopic (exact) mass is 287 g/mol. The summed E-state index contributed by atoms with van der Waals surface area (Å²) in [4.78, 5) is 16.2. The molecule has 0 aliphatic carbocycles. The topological polar surface area (TPSA) is 54.0 Å². The number of hydrogen-bond acceptors (Lipinski definition) is 3. The summed E-state index contributed by atoms with van der Waals surface area (Å²) >= 11 is 0. The first-order chi connectivity index (χ1) is 9.83. The second-order valence-electron chi connectivity index (χ2n) is 5.77. The lowest BCUT2D eigenvalue weighted by molar-refractivity contribution is 0.102. The number of nitrogens with zero attached hydrogens (tertiary/aromatic N) is 1. The van der Waals surface area contributed by atoms with Crippen LogP contribution in [0, 0.1) is 5.82 Å². The quantitative estimate of drug-likeness (QED) is 0.905. The summed E-state index contributed by atoms with van der Waals surface area (Å²) in [7, 11) is 0. The van der Waals surface area contributed by atoms with Crippen molar-refractivity contribution in [3.05, 3.63) is 54.0 Å². The fourth-order valence-electron chi connectivity index (χ4n) is 1.73. The van der Waals surface area contributed by atoms with E-state index >= 15 is 0 Å². The van der Waals surface area contributed by atoms with Gasteiger partial charge in [-0.05, 0) is 57.2 Å². The number of pyridine rings is 1. The summed E-state index contributed by atoms with van der Waals surface area (Å²) in [6.07, 6.45) is 1.58. The van der Waals surface area contributed by atoms with Gasteiger partial charge in [0.1, 0.15) is 11.6 Å². The molecule has 0 spiro atoms. The summed E-state index contributed by atoms with van der Waals surface area (Å²) in [5.41, 5.74) is 0.906. The number of carbonyl (C=O) groups excluding carboxylic acids is 1. The molecule has 2 N–H and O–H groups in total. The summed E-state index contributed by atoms with van der Waals surface area (Å²) in [6, 6.07) is 8.95. The van der Waals surface area contributed by atoms with E-state index in [1.54, 1.807) is 18.3 Å². The highest BCUT2D eigenvalue weighted by atomic mass is 19.1. The Morgan fingerprint density at radius 1 is 1.10 bits per heavy atom. The molecule has 0 atom stereocenters. The number of benzene rings is 1. The Labute approximate surface area is 123 Å². The molecule has 0 fully saturated rings. The molecule has 2 rings (SSSR count). The van der Waals surface area contributed by atoms with Gasteiger partial charge in [0.2, 0.25) is 0 Å². The second-order valence-corrected chi connectivity index (χ2v) is 5.77. The van der Waals surface area contributed by atoms with E-state index in [1.165, 1.54) is 24.3 Å². The number of aromatic nitrogens is 1. The van der Waals surface area contributed by atoms with E-state index in [1.807, 2.05) is 20.8 Å². The lowest BCUT2D eigenvalue weighted by Crippen LogP contribution is -2.26. The van der Waals surface area contributed by atoms with E-state index in [9.17, 15) is 9.18 Å². The van der Waals surface area contributed by atoms with Crippen LogP contribution in [0.15, 0.2) is 42.6 Å². The van der Waals surface area contributed by atoms with Crippen molar-refractivity contribution in [2.45, 2.75) is 26.3 Å². The highest BCUT2D eigenvalue weighted by Crippen LogP contribution is 2.15. The first-order valence-electron chi connectivity index (χ1n) is 6.65. The lowest BCUT2D eigenvalue weighted by Gasteiger charge is -2.21. The number of hydrogen-bond donors (Lipinski definition) is 2. The minimum atomic E-state index is -0.370. The van der Waals surface area contributed by atoms with Crippen molar-refractivity contribution >= 4 is 17.4 Å². The van der Waals surface area contributed by atoms with Gasteiger partial charge in [0.15, 0.2) is 0 Å². The zero-order valence-electron chi connectivity index (χ0n) is 12.3. The number of halogens is 1. The van der Waals surface area contributed by atoms with Crippen LogP contribution in [0.3, 0.4) is 0 Å². The van der Waals surface area contributed by atoms with Gasteiger partial charge in [-0.15, -0.1) is 0 Å². The van der Waals surface area contributed by atoms with Gasteiger partial charge in [0.25, 0.3) is 5.91 Å². The minimum absolute atomic E-state index is 0.0775. The molecule has 0 unspecified atom stereocenters. The average Bonchev–Trinajstić information content (AvgIpc) is 2.40. The van der Waals surface area contributed by atoms with Crippen molar-refractivity contribution in [2.24, 2.45) is 0 Å². The first-order valence-corrected chi connectivity index (χ1v) is 6.65. The molecule has 5 heteroatoms. The normalized spacial score (nSPS) is 11.0. The van der Waals surface area contributed by atoms with Crippen LogP contribution in [0.1, 0.15) is 31.1 Å². The zero-order valence-corrected chi connectivity index (χ0v) is 12.3. The Morgan fingerprint density at radius 3 is 2.29 bits per heavy atom. The number of carbonyl (C=O) groups is 1. The molecule has 2 aromatic rings. The Morgan fingerprint density at radius 2 is 1.76 bits per heavy atom. The molecule has 0 saturated carbocycles. The Hall–Kier alpha value is -2.43. The third kappa shape index (κ3) is 4.56. The van der Waals surface area contributed by atoms with Gasteiger partial charge in [-0.2, -0.15) is 0 Å². The van der Waals surface area contributed by atoms with Gasteiger partial charge in [-0.1, -0.05) is 0 Å². The van der Waals surface area contributed by atoms with Crippen molar-refractivity contribution in [3.8, 4) is 0 Å². The molecule has 0 aliphatic rings. The summed E-state index contributed by atoms with van der Waals surface area (Å²) in [6.45, 7) is 6.12. The van der Waals surface area contributed by atoms with Crippen LogP contribution >= 0.6 is 0 Å². The van der Waals surface area contributed by atoms with Gasteiger partial charge in [0, 0.05) is 11.1 Å². The number of amides is 1. The van der Waals surface area contributed by atoms with Crippen LogP contribution in [0.2, 0.25) is 0 Å². The van der Waals surface area contributed by atoms with Crippen molar-refractivity contribution in [2.75, 3.05) is 10.6 Å². The summed E-state index contributed by atoms with van der Waals surface area (Å²) in [5, 5.41) is 5.95. The van der Waals surface area contributed by atoms with Gasteiger partial charge in [0.05, 0.1) is 11.9 Å². The molecule has 0 saturated heterocycles.